The first-order chi connectivity index (χ1) is 11.4. The van der Waals surface area contributed by atoms with Gasteiger partial charge in [-0.2, -0.15) is 0 Å². The Morgan fingerprint density at radius 1 is 1.16 bits per heavy atom. The Balaban J connectivity index is 0.000000450. The smallest absolute Gasteiger partial charge is 0.414 e. The predicted molar refractivity (Wildman–Crippen MR) is 87.0 cm³/mol. The van der Waals surface area contributed by atoms with Crippen molar-refractivity contribution < 1.29 is 34.1 Å². The molecule has 2 saturated heterocycles. The van der Waals surface area contributed by atoms with E-state index in [0.29, 0.717) is 13.1 Å². The second kappa shape index (κ2) is 7.71. The van der Waals surface area contributed by atoms with Gasteiger partial charge in [0.05, 0.1) is 5.41 Å². The summed E-state index contributed by atoms with van der Waals surface area (Å²) in [5.41, 5.74) is -0.719. The molecule has 2 rings (SSSR count). The van der Waals surface area contributed by atoms with E-state index in [1.54, 1.807) is 4.90 Å². The number of piperidine rings is 1. The van der Waals surface area contributed by atoms with E-state index < -0.39 is 17.5 Å². The summed E-state index contributed by atoms with van der Waals surface area (Å²) in [5.74, 6) is -3.49. The Morgan fingerprint density at radius 2 is 1.64 bits per heavy atom. The summed E-state index contributed by atoms with van der Waals surface area (Å²) in [4.78, 5) is 43.9. The molecule has 2 amide bonds. The minimum Gasteiger partial charge on any atom is -0.473 e. The van der Waals surface area contributed by atoms with Gasteiger partial charge in [-0.1, -0.05) is 0 Å². The van der Waals surface area contributed by atoms with Gasteiger partial charge in [0.15, 0.2) is 0 Å². The van der Waals surface area contributed by atoms with Gasteiger partial charge in [-0.3, -0.25) is 4.79 Å². The number of ether oxygens (including phenoxy) is 1. The van der Waals surface area contributed by atoms with Crippen molar-refractivity contribution in [2.24, 2.45) is 5.41 Å². The summed E-state index contributed by atoms with van der Waals surface area (Å²) in [6, 6.07) is 0.251. The highest BCUT2D eigenvalue weighted by Crippen LogP contribution is 2.40. The van der Waals surface area contributed by atoms with E-state index in [2.05, 4.69) is 5.32 Å². The number of carbonyl (C=O) groups is 4. The number of hydrogen-bond donors (Lipinski definition) is 3. The molecule has 0 aromatic carbocycles. The van der Waals surface area contributed by atoms with Gasteiger partial charge in [0, 0.05) is 19.1 Å². The zero-order valence-electron chi connectivity index (χ0n) is 15.0. The summed E-state index contributed by atoms with van der Waals surface area (Å²) in [7, 11) is 0. The maximum Gasteiger partial charge on any atom is 0.414 e. The molecule has 9 nitrogen and oxygen atoms in total. The minimum atomic E-state index is -1.82. The van der Waals surface area contributed by atoms with Crippen LogP contribution in [0.5, 0.6) is 0 Å². The van der Waals surface area contributed by atoms with Gasteiger partial charge in [0.25, 0.3) is 0 Å². The highest BCUT2D eigenvalue weighted by Gasteiger charge is 2.47. The molecule has 3 N–H and O–H groups in total. The Labute approximate surface area is 146 Å². The van der Waals surface area contributed by atoms with Gasteiger partial charge in [-0.05, 0) is 47.0 Å². The maximum atomic E-state index is 12.0. The zero-order chi connectivity index (χ0) is 19.4. The van der Waals surface area contributed by atoms with Gasteiger partial charge < -0.3 is 25.2 Å². The molecule has 9 heteroatoms. The first-order valence-corrected chi connectivity index (χ1v) is 8.11. The van der Waals surface area contributed by atoms with Crippen molar-refractivity contribution in [1.82, 2.24) is 10.2 Å². The molecule has 0 unspecified atom stereocenters. The lowest BCUT2D eigenvalue weighted by Crippen LogP contribution is -2.47. The molecule has 1 spiro atoms. The van der Waals surface area contributed by atoms with Crippen LogP contribution in [0.1, 0.15) is 47.0 Å². The molecule has 0 aromatic heterocycles. The molecule has 25 heavy (non-hydrogen) atoms. The summed E-state index contributed by atoms with van der Waals surface area (Å²) in [6.07, 6.45) is 2.09. The van der Waals surface area contributed by atoms with Crippen LogP contribution in [-0.4, -0.2) is 63.8 Å². The van der Waals surface area contributed by atoms with Crippen LogP contribution in [0.15, 0.2) is 0 Å². The standard InChI is InChI=1S/C14H24N2O3.C2H2O4/c1-10-9-14(11(17)15-10)5-7-16(8-6-14)12(18)19-13(2,3)4;3-1(4)2(5)6/h10H,5-9H2,1-4H3,(H,15,17);(H,3,4)(H,5,6)/t10-;/m0./s1. The fraction of sp³-hybridized carbons (Fsp3) is 0.750. The van der Waals surface area contributed by atoms with Crippen LogP contribution in [0.25, 0.3) is 0 Å². The predicted octanol–water partition coefficient (Wildman–Crippen LogP) is 1.07. The van der Waals surface area contributed by atoms with Gasteiger partial charge in [-0.15, -0.1) is 0 Å². The van der Waals surface area contributed by atoms with Crippen LogP contribution in [0.4, 0.5) is 4.79 Å². The van der Waals surface area contributed by atoms with E-state index in [0.717, 1.165) is 19.3 Å². The molecule has 0 bridgehead atoms. The van der Waals surface area contributed by atoms with Gasteiger partial charge in [-0.25, -0.2) is 14.4 Å². The quantitative estimate of drug-likeness (QED) is 0.551. The van der Waals surface area contributed by atoms with Crippen molar-refractivity contribution in [2.45, 2.75) is 58.6 Å². The third-order valence-electron chi connectivity index (χ3n) is 4.11. The number of aliphatic carboxylic acids is 2. The lowest BCUT2D eigenvalue weighted by molar-refractivity contribution is -0.159. The molecule has 1 atom stereocenters. The summed E-state index contributed by atoms with van der Waals surface area (Å²) < 4.78 is 5.36. The molecule has 142 valence electrons. The molecule has 2 heterocycles. The summed E-state index contributed by atoms with van der Waals surface area (Å²) in [5, 5.41) is 17.8. The van der Waals surface area contributed by atoms with E-state index in [1.165, 1.54) is 0 Å². The van der Waals surface area contributed by atoms with Crippen molar-refractivity contribution in [3.05, 3.63) is 0 Å². The summed E-state index contributed by atoms with van der Waals surface area (Å²) >= 11 is 0. The van der Waals surface area contributed by atoms with Gasteiger partial charge in [0.2, 0.25) is 5.91 Å². The van der Waals surface area contributed by atoms with E-state index >= 15 is 0 Å². The average Bonchev–Trinajstić information content (AvgIpc) is 2.72. The van der Waals surface area contributed by atoms with Crippen LogP contribution < -0.4 is 5.32 Å². The van der Waals surface area contributed by atoms with Crippen LogP contribution in [-0.2, 0) is 19.1 Å². The largest absolute Gasteiger partial charge is 0.473 e. The number of nitrogens with one attached hydrogen (secondary N) is 1. The van der Waals surface area contributed by atoms with Crippen molar-refractivity contribution >= 4 is 23.9 Å². The molecule has 2 fully saturated rings. The molecular weight excluding hydrogens is 332 g/mol. The second-order valence-corrected chi connectivity index (χ2v) is 7.44. The average molecular weight is 358 g/mol. The SMILES string of the molecule is C[C@H]1CC2(CCN(C(=O)OC(C)(C)C)CC2)C(=O)N1.O=C(O)C(=O)O. The van der Waals surface area contributed by atoms with Crippen molar-refractivity contribution in [3.63, 3.8) is 0 Å². The normalized spacial score (nSPS) is 21.8. The van der Waals surface area contributed by atoms with Crippen molar-refractivity contribution in [1.29, 1.82) is 0 Å². The number of carbonyl (C=O) groups excluding carboxylic acids is 2. The first kappa shape index (κ1) is 20.7. The maximum absolute atomic E-state index is 12.0. The third-order valence-corrected chi connectivity index (χ3v) is 4.11. The first-order valence-electron chi connectivity index (χ1n) is 8.11. The number of amides is 2. The Kier molecular flexibility index (Phi) is 6.39. The van der Waals surface area contributed by atoms with E-state index in [9.17, 15) is 9.59 Å². The number of hydrogen-bond acceptors (Lipinski definition) is 5. The molecule has 2 aliphatic rings. The van der Waals surface area contributed by atoms with Crippen LogP contribution >= 0.6 is 0 Å². The zero-order valence-corrected chi connectivity index (χ0v) is 15.0. The molecule has 2 aliphatic heterocycles. The van der Waals surface area contributed by atoms with E-state index in [1.807, 2.05) is 27.7 Å². The van der Waals surface area contributed by atoms with Crippen LogP contribution in [0, 0.1) is 5.41 Å². The van der Waals surface area contributed by atoms with Gasteiger partial charge in [0.1, 0.15) is 5.60 Å². The highest BCUT2D eigenvalue weighted by atomic mass is 16.6. The van der Waals surface area contributed by atoms with Crippen molar-refractivity contribution in [2.75, 3.05) is 13.1 Å². The number of likely N-dealkylation sites (tertiary alicyclic amines) is 1. The Bertz CT molecular complexity index is 533. The molecule has 0 aliphatic carbocycles. The van der Waals surface area contributed by atoms with Crippen LogP contribution in [0.3, 0.4) is 0 Å². The number of carboxylic acids is 2. The van der Waals surface area contributed by atoms with Crippen molar-refractivity contribution in [3.8, 4) is 0 Å². The number of carboxylic acid groups (broad SMARTS) is 2. The molecular formula is C16H26N2O7. The number of nitrogens with zero attached hydrogens (tertiary/aromatic N) is 1. The van der Waals surface area contributed by atoms with Crippen LogP contribution in [0.2, 0.25) is 0 Å². The Hall–Kier alpha value is -2.32. The lowest BCUT2D eigenvalue weighted by Gasteiger charge is -2.37. The monoisotopic (exact) mass is 358 g/mol. The topological polar surface area (TPSA) is 133 Å². The lowest BCUT2D eigenvalue weighted by atomic mass is 9.76. The molecule has 0 radical (unpaired) electrons. The Morgan fingerprint density at radius 3 is 1.96 bits per heavy atom. The second-order valence-electron chi connectivity index (χ2n) is 7.44. The third kappa shape index (κ3) is 5.91. The number of rotatable bonds is 0. The fourth-order valence-electron chi connectivity index (χ4n) is 2.98. The summed E-state index contributed by atoms with van der Waals surface area (Å²) in [6.45, 7) is 8.84. The van der Waals surface area contributed by atoms with Gasteiger partial charge >= 0.3 is 18.0 Å². The minimum absolute atomic E-state index is 0.156. The molecule has 0 saturated carbocycles. The highest BCUT2D eigenvalue weighted by molar-refractivity contribution is 6.27. The van der Waals surface area contributed by atoms with E-state index in [-0.39, 0.29) is 23.5 Å². The fourth-order valence-corrected chi connectivity index (χ4v) is 2.98. The van der Waals surface area contributed by atoms with E-state index in [4.69, 9.17) is 24.5 Å². The molecule has 0 aromatic rings.